The van der Waals surface area contributed by atoms with E-state index in [9.17, 15) is 0 Å². The minimum absolute atomic E-state index is 0.737. The van der Waals surface area contributed by atoms with E-state index in [1.807, 2.05) is 36.4 Å². The van der Waals surface area contributed by atoms with Gasteiger partial charge in [0.05, 0.1) is 5.69 Å². The highest BCUT2D eigenvalue weighted by Gasteiger charge is 2.16. The van der Waals surface area contributed by atoms with Gasteiger partial charge < -0.3 is 5.73 Å². The summed E-state index contributed by atoms with van der Waals surface area (Å²) in [6, 6.07) is 26.7. The summed E-state index contributed by atoms with van der Waals surface area (Å²) < 4.78 is 0. The van der Waals surface area contributed by atoms with Gasteiger partial charge in [0.25, 0.3) is 0 Å². The molecule has 0 saturated carbocycles. The lowest BCUT2D eigenvalue weighted by atomic mass is 10.3. The molecule has 0 aliphatic carbocycles. The first-order chi connectivity index (χ1) is 10.8. The molecule has 3 rings (SSSR count). The Labute approximate surface area is 132 Å². The van der Waals surface area contributed by atoms with Crippen molar-refractivity contribution in [3.63, 3.8) is 0 Å². The predicted molar refractivity (Wildman–Crippen MR) is 95.5 cm³/mol. The Balaban J connectivity index is 2.04. The molecule has 0 unspecified atom stereocenters. The smallest absolute Gasteiger partial charge is 0.0650 e. The van der Waals surface area contributed by atoms with E-state index < -0.39 is 7.92 Å². The molecule has 3 aromatic rings. The first-order valence-corrected chi connectivity index (χ1v) is 8.47. The van der Waals surface area contributed by atoms with Gasteiger partial charge in [-0.2, -0.15) is 0 Å². The van der Waals surface area contributed by atoms with Crippen LogP contribution in [0, 0.1) is 0 Å². The summed E-state index contributed by atoms with van der Waals surface area (Å²) >= 11 is 0. The largest absolute Gasteiger partial charge is 0.398 e. The van der Waals surface area contributed by atoms with Gasteiger partial charge in [-0.1, -0.05) is 66.7 Å². The monoisotopic (exact) mass is 304 g/mol. The van der Waals surface area contributed by atoms with Crippen LogP contribution in [-0.2, 0) is 0 Å². The van der Waals surface area contributed by atoms with Gasteiger partial charge in [0.1, 0.15) is 0 Å². The van der Waals surface area contributed by atoms with Crippen molar-refractivity contribution in [3.05, 3.63) is 96.2 Å². The number of hydrogen-bond donors (Lipinski definition) is 1. The van der Waals surface area contributed by atoms with Crippen molar-refractivity contribution in [2.75, 3.05) is 0 Å². The predicted octanol–water partition coefficient (Wildman–Crippen LogP) is 3.47. The Hall–Kier alpha value is -2.44. The lowest BCUT2D eigenvalue weighted by Gasteiger charge is -2.19. The molecule has 0 bridgehead atoms. The lowest BCUT2D eigenvalue weighted by molar-refractivity contribution is 1.29. The average Bonchev–Trinajstić information content (AvgIpc) is 2.58. The summed E-state index contributed by atoms with van der Waals surface area (Å²) in [6.07, 6.45) is 3.76. The van der Waals surface area contributed by atoms with Crippen molar-refractivity contribution >= 4 is 24.6 Å². The molecule has 2 aromatic carbocycles. The Kier molecular flexibility index (Phi) is 4.62. The maximum absolute atomic E-state index is 6.46. The van der Waals surface area contributed by atoms with E-state index in [0.29, 0.717) is 0 Å². The topological polar surface area (TPSA) is 38.9 Å². The van der Waals surface area contributed by atoms with Crippen molar-refractivity contribution in [2.45, 2.75) is 0 Å². The zero-order valence-electron chi connectivity index (χ0n) is 12.1. The second kappa shape index (κ2) is 7.02. The van der Waals surface area contributed by atoms with E-state index in [2.05, 4.69) is 53.5 Å². The first-order valence-electron chi connectivity index (χ1n) is 7.13. The fourth-order valence-corrected chi connectivity index (χ4v) is 4.38. The van der Waals surface area contributed by atoms with Crippen LogP contribution in [0.15, 0.2) is 90.5 Å². The zero-order chi connectivity index (χ0) is 15.2. The summed E-state index contributed by atoms with van der Waals surface area (Å²) in [6.45, 7) is 0. The molecule has 2 N–H and O–H groups in total. The van der Waals surface area contributed by atoms with Crippen molar-refractivity contribution in [3.8, 4) is 0 Å². The quantitative estimate of drug-likeness (QED) is 0.750. The van der Waals surface area contributed by atoms with Gasteiger partial charge >= 0.3 is 0 Å². The molecule has 1 aromatic heterocycles. The number of nitrogens with zero attached hydrogens (tertiary/aromatic N) is 1. The second-order valence-electron chi connectivity index (χ2n) is 4.83. The van der Waals surface area contributed by atoms with Gasteiger partial charge in [0.15, 0.2) is 0 Å². The highest BCUT2D eigenvalue weighted by Crippen LogP contribution is 2.40. The molecule has 22 heavy (non-hydrogen) atoms. The van der Waals surface area contributed by atoms with Gasteiger partial charge in [-0.15, -0.1) is 0 Å². The summed E-state index contributed by atoms with van der Waals surface area (Å²) in [4.78, 5) is 4.34. The molecule has 0 spiro atoms. The maximum atomic E-state index is 6.46. The third-order valence-corrected chi connectivity index (χ3v) is 5.55. The van der Waals surface area contributed by atoms with Gasteiger partial charge in [-0.25, -0.2) is 0 Å². The highest BCUT2D eigenvalue weighted by atomic mass is 31.1. The van der Waals surface area contributed by atoms with Crippen LogP contribution < -0.4 is 16.3 Å². The van der Waals surface area contributed by atoms with Crippen molar-refractivity contribution in [1.82, 2.24) is 4.98 Å². The third kappa shape index (κ3) is 3.41. The fourth-order valence-electron chi connectivity index (χ4n) is 2.28. The minimum Gasteiger partial charge on any atom is -0.398 e. The highest BCUT2D eigenvalue weighted by molar-refractivity contribution is 7.76. The molecular formula is C19H17N2P. The summed E-state index contributed by atoms with van der Waals surface area (Å²) in [5.41, 5.74) is 8.21. The Morgan fingerprint density at radius 1 is 0.773 bits per heavy atom. The van der Waals surface area contributed by atoms with Crippen LogP contribution in [0.2, 0.25) is 0 Å². The van der Waals surface area contributed by atoms with Crippen molar-refractivity contribution in [1.29, 1.82) is 0 Å². The molecule has 2 nitrogen and oxygen atoms in total. The van der Waals surface area contributed by atoms with Crippen LogP contribution in [0.4, 0.5) is 0 Å². The molecule has 0 atom stereocenters. The number of aromatic nitrogens is 1. The van der Waals surface area contributed by atoms with Gasteiger partial charge in [-0.05, 0) is 28.8 Å². The van der Waals surface area contributed by atoms with Gasteiger partial charge in [0, 0.05) is 19.6 Å². The number of hydrogen-bond acceptors (Lipinski definition) is 2. The third-order valence-electron chi connectivity index (χ3n) is 3.27. The summed E-state index contributed by atoms with van der Waals surface area (Å²) in [5.74, 6) is 0. The zero-order valence-corrected chi connectivity index (χ0v) is 13.0. The Morgan fingerprint density at radius 3 is 1.82 bits per heavy atom. The van der Waals surface area contributed by atoms with E-state index >= 15 is 0 Å². The van der Waals surface area contributed by atoms with E-state index in [1.165, 1.54) is 10.6 Å². The molecule has 0 aliphatic heterocycles. The van der Waals surface area contributed by atoms with Crippen LogP contribution >= 0.6 is 7.92 Å². The lowest BCUT2D eigenvalue weighted by Crippen LogP contribution is -2.16. The number of pyridine rings is 1. The van der Waals surface area contributed by atoms with Gasteiger partial charge in [0.2, 0.25) is 0 Å². The molecule has 0 amide bonds. The summed E-state index contributed by atoms with van der Waals surface area (Å²) in [7, 11) is -0.737. The Bertz CT molecular complexity index is 701. The van der Waals surface area contributed by atoms with E-state index in [4.69, 9.17) is 5.73 Å². The van der Waals surface area contributed by atoms with Crippen LogP contribution in [0.3, 0.4) is 0 Å². The molecule has 0 fully saturated rings. The molecule has 0 aliphatic rings. The van der Waals surface area contributed by atoms with E-state index in [1.54, 1.807) is 6.20 Å². The van der Waals surface area contributed by atoms with E-state index in [-0.39, 0.29) is 0 Å². The molecular weight excluding hydrogens is 287 g/mol. The average molecular weight is 304 g/mol. The molecule has 0 saturated heterocycles. The second-order valence-corrected chi connectivity index (χ2v) is 7.05. The normalized spacial score (nSPS) is 11.6. The maximum Gasteiger partial charge on any atom is 0.0650 e. The van der Waals surface area contributed by atoms with Crippen molar-refractivity contribution < 1.29 is 0 Å². The van der Waals surface area contributed by atoms with Crippen LogP contribution in [-0.4, -0.2) is 4.98 Å². The van der Waals surface area contributed by atoms with Crippen LogP contribution in [0.1, 0.15) is 5.69 Å². The summed E-state index contributed by atoms with van der Waals surface area (Å²) in [5, 5.41) is 2.49. The first kappa shape index (κ1) is 14.5. The van der Waals surface area contributed by atoms with Gasteiger partial charge in [-0.3, -0.25) is 4.98 Å². The fraction of sp³-hybridized carbons (Fsp3) is 0. The molecule has 108 valence electrons. The van der Waals surface area contributed by atoms with E-state index in [0.717, 1.165) is 11.1 Å². The molecule has 0 radical (unpaired) electrons. The van der Waals surface area contributed by atoms with Crippen LogP contribution in [0.25, 0.3) is 6.08 Å². The van der Waals surface area contributed by atoms with Crippen LogP contribution in [0.5, 0.6) is 0 Å². The Morgan fingerprint density at radius 2 is 1.32 bits per heavy atom. The number of nitrogens with two attached hydrogens (primary N) is 1. The number of benzene rings is 2. The number of rotatable bonds is 4. The molecule has 3 heteroatoms. The van der Waals surface area contributed by atoms with Crippen molar-refractivity contribution in [2.24, 2.45) is 5.73 Å². The minimum atomic E-state index is -0.737. The standard InChI is InChI=1S/C19H17N2P/c20-19(15-16-9-7-8-14-21-16)22(17-10-3-1-4-11-17)18-12-5-2-6-13-18/h1-15H,20H2/b19-15-. The molecule has 1 heterocycles. The SMILES string of the molecule is N/C(=C/c1ccccn1)P(c1ccccc1)c1ccccc1.